The number of halogens is 1. The van der Waals surface area contributed by atoms with E-state index in [0.717, 1.165) is 37.6 Å². The van der Waals surface area contributed by atoms with Crippen LogP contribution in [0.2, 0.25) is 5.02 Å². The van der Waals surface area contributed by atoms with Gasteiger partial charge in [-0.3, -0.25) is 0 Å². The third kappa shape index (κ3) is 4.37. The van der Waals surface area contributed by atoms with Crippen molar-refractivity contribution in [2.45, 2.75) is 26.2 Å². The molecule has 1 unspecified atom stereocenters. The van der Waals surface area contributed by atoms with Gasteiger partial charge in [-0.25, -0.2) is 4.98 Å². The maximum atomic E-state index is 9.51. The summed E-state index contributed by atoms with van der Waals surface area (Å²) in [6.07, 6.45) is -2.43. The first kappa shape index (κ1) is 20.9. The Morgan fingerprint density at radius 1 is 1.13 bits per heavy atom. The van der Waals surface area contributed by atoms with Crippen molar-refractivity contribution in [2.75, 3.05) is 31.2 Å². The molecule has 2 aromatic heterocycles. The first-order valence-electron chi connectivity index (χ1n) is 9.94. The van der Waals surface area contributed by atoms with Crippen molar-refractivity contribution in [1.29, 1.82) is 0 Å². The summed E-state index contributed by atoms with van der Waals surface area (Å²) >= 11 is 6.48. The van der Waals surface area contributed by atoms with E-state index in [2.05, 4.69) is 32.0 Å². The number of nitrogens with one attached hydrogen (secondary N) is 1. The predicted octanol–water partition coefficient (Wildman–Crippen LogP) is 2.83. The number of rotatable bonds is 6. The van der Waals surface area contributed by atoms with Gasteiger partial charge in [-0.2, -0.15) is 4.98 Å². The lowest BCUT2D eigenvalue weighted by Crippen LogP contribution is -2.36. The number of aliphatic hydroxyl groups is 2. The van der Waals surface area contributed by atoms with Gasteiger partial charge in [0.05, 0.1) is 29.4 Å². The van der Waals surface area contributed by atoms with Gasteiger partial charge in [0.15, 0.2) is 18.0 Å². The average Bonchev–Trinajstić information content (AvgIpc) is 3.13. The Bertz CT molecular complexity index is 992. The molecule has 1 aliphatic heterocycles. The maximum Gasteiger partial charge on any atom is 0.296 e. The van der Waals surface area contributed by atoms with Gasteiger partial charge in [0.25, 0.3) is 6.01 Å². The molecule has 30 heavy (non-hydrogen) atoms. The fourth-order valence-electron chi connectivity index (χ4n) is 3.48. The molecule has 1 saturated heterocycles. The quantitative estimate of drug-likeness (QED) is 0.514. The number of H-pyrrole nitrogens is 1. The fraction of sp³-hybridized carbons (Fsp3) is 0.429. The largest absolute Gasteiger partial charge is 0.456 e. The molecule has 0 aliphatic carbocycles. The summed E-state index contributed by atoms with van der Waals surface area (Å²) in [6, 6.07) is 10.0. The van der Waals surface area contributed by atoms with Gasteiger partial charge in [0.1, 0.15) is 0 Å². The second-order valence-corrected chi connectivity index (χ2v) is 8.03. The zero-order valence-corrected chi connectivity index (χ0v) is 17.6. The Labute approximate surface area is 179 Å². The number of nitrogens with zero attached hydrogens (tertiary/aromatic N) is 3. The summed E-state index contributed by atoms with van der Waals surface area (Å²) in [5.74, 6) is -0.115. The van der Waals surface area contributed by atoms with Crippen LogP contribution in [0.15, 0.2) is 30.3 Å². The molecule has 0 bridgehead atoms. The number of morpholine rings is 1. The Morgan fingerprint density at radius 3 is 2.47 bits per heavy atom. The minimum atomic E-state index is -1.62. The molecule has 1 aliphatic rings. The molecule has 0 radical (unpaired) electrons. The summed E-state index contributed by atoms with van der Waals surface area (Å²) in [7, 11) is 0. The molecule has 3 aromatic rings. The number of benzene rings is 1. The molecule has 0 amide bonds. The van der Waals surface area contributed by atoms with E-state index in [0.29, 0.717) is 21.9 Å². The van der Waals surface area contributed by atoms with Crippen molar-refractivity contribution in [3.8, 4) is 17.3 Å². The summed E-state index contributed by atoms with van der Waals surface area (Å²) in [5.41, 5.74) is 3.70. The van der Waals surface area contributed by atoms with Crippen LogP contribution in [0, 0.1) is 5.92 Å². The molecular formula is C21H25ClN4O4. The van der Waals surface area contributed by atoms with Crippen molar-refractivity contribution < 1.29 is 19.7 Å². The summed E-state index contributed by atoms with van der Waals surface area (Å²) in [5, 5.41) is 19.5. The predicted molar refractivity (Wildman–Crippen MR) is 115 cm³/mol. The van der Waals surface area contributed by atoms with Crippen molar-refractivity contribution >= 4 is 28.5 Å². The van der Waals surface area contributed by atoms with E-state index in [4.69, 9.17) is 21.1 Å². The zero-order valence-electron chi connectivity index (χ0n) is 16.9. The van der Waals surface area contributed by atoms with Crippen molar-refractivity contribution in [3.05, 3.63) is 35.4 Å². The molecule has 1 fully saturated rings. The van der Waals surface area contributed by atoms with Gasteiger partial charge < -0.3 is 29.6 Å². The SMILES string of the molecule is CC(C)C(Oc1nc2nc(-c3ccc(N4CCOCC4)cc3)c(Cl)cc2[nH]1)C(O)O. The fourth-order valence-corrected chi connectivity index (χ4v) is 3.74. The number of aromatic nitrogens is 3. The Kier molecular flexibility index (Phi) is 6.10. The zero-order chi connectivity index (χ0) is 21.3. The highest BCUT2D eigenvalue weighted by atomic mass is 35.5. The summed E-state index contributed by atoms with van der Waals surface area (Å²) in [4.78, 5) is 14.2. The lowest BCUT2D eigenvalue weighted by Gasteiger charge is -2.28. The van der Waals surface area contributed by atoms with Crippen LogP contribution in [-0.4, -0.2) is 63.9 Å². The molecule has 1 aromatic carbocycles. The topological polar surface area (TPSA) is 104 Å². The third-order valence-corrected chi connectivity index (χ3v) is 5.41. The molecule has 4 rings (SSSR count). The number of aliphatic hydroxyl groups excluding tert-OH is 1. The second kappa shape index (κ2) is 8.77. The lowest BCUT2D eigenvalue weighted by molar-refractivity contribution is -0.127. The van der Waals surface area contributed by atoms with Gasteiger partial charge in [-0.1, -0.05) is 37.6 Å². The molecule has 3 heterocycles. The van der Waals surface area contributed by atoms with Gasteiger partial charge >= 0.3 is 0 Å². The molecular weight excluding hydrogens is 408 g/mol. The normalized spacial score (nSPS) is 15.9. The van der Waals surface area contributed by atoms with Crippen molar-refractivity contribution in [1.82, 2.24) is 15.0 Å². The van der Waals surface area contributed by atoms with E-state index in [1.54, 1.807) is 6.07 Å². The van der Waals surface area contributed by atoms with Gasteiger partial charge in [0, 0.05) is 24.3 Å². The van der Waals surface area contributed by atoms with E-state index >= 15 is 0 Å². The van der Waals surface area contributed by atoms with Crippen LogP contribution in [0.3, 0.4) is 0 Å². The molecule has 1 atom stereocenters. The number of aromatic amines is 1. The van der Waals surface area contributed by atoms with Crippen molar-refractivity contribution in [2.24, 2.45) is 5.92 Å². The summed E-state index contributed by atoms with van der Waals surface area (Å²) < 4.78 is 11.0. The van der Waals surface area contributed by atoms with E-state index < -0.39 is 12.4 Å². The number of ether oxygens (including phenoxy) is 2. The van der Waals surface area contributed by atoms with Gasteiger partial charge in [0.2, 0.25) is 0 Å². The van der Waals surface area contributed by atoms with E-state index in [9.17, 15) is 10.2 Å². The van der Waals surface area contributed by atoms with E-state index in [1.165, 1.54) is 0 Å². The van der Waals surface area contributed by atoms with Crippen LogP contribution in [0.5, 0.6) is 6.01 Å². The first-order chi connectivity index (χ1) is 14.4. The number of pyridine rings is 1. The highest BCUT2D eigenvalue weighted by Gasteiger charge is 2.24. The third-order valence-electron chi connectivity index (χ3n) is 5.12. The Hall–Kier alpha value is -2.39. The number of hydrogen-bond donors (Lipinski definition) is 3. The smallest absolute Gasteiger partial charge is 0.296 e. The van der Waals surface area contributed by atoms with Gasteiger partial charge in [-0.05, 0) is 24.1 Å². The molecule has 0 spiro atoms. The lowest BCUT2D eigenvalue weighted by atomic mass is 10.1. The minimum absolute atomic E-state index is 0.115. The number of hydrogen-bond acceptors (Lipinski definition) is 7. The molecule has 8 nitrogen and oxygen atoms in total. The molecule has 9 heteroatoms. The first-order valence-corrected chi connectivity index (χ1v) is 10.3. The standard InChI is InChI=1S/C21H25ClN4O4/c1-12(2)18(20(27)28)30-21-23-16-11-15(22)17(24-19(16)25-21)13-3-5-14(6-4-13)26-7-9-29-10-8-26/h3-6,11-12,18,20,27-28H,7-10H2,1-2H3,(H,23,24,25). The molecule has 160 valence electrons. The van der Waals surface area contributed by atoms with Crippen LogP contribution in [-0.2, 0) is 4.74 Å². The van der Waals surface area contributed by atoms with Crippen LogP contribution >= 0.6 is 11.6 Å². The Morgan fingerprint density at radius 2 is 1.83 bits per heavy atom. The molecule has 0 saturated carbocycles. The Balaban J connectivity index is 1.59. The van der Waals surface area contributed by atoms with E-state index in [-0.39, 0.29) is 11.9 Å². The van der Waals surface area contributed by atoms with Crippen LogP contribution < -0.4 is 9.64 Å². The van der Waals surface area contributed by atoms with E-state index in [1.807, 2.05) is 26.0 Å². The van der Waals surface area contributed by atoms with Crippen LogP contribution in [0.25, 0.3) is 22.4 Å². The number of fused-ring (bicyclic) bond motifs is 1. The highest BCUT2D eigenvalue weighted by Crippen LogP contribution is 2.31. The van der Waals surface area contributed by atoms with Crippen molar-refractivity contribution in [3.63, 3.8) is 0 Å². The summed E-state index contributed by atoms with van der Waals surface area (Å²) in [6.45, 7) is 6.89. The molecule has 3 N–H and O–H groups in total. The van der Waals surface area contributed by atoms with Crippen LogP contribution in [0.4, 0.5) is 5.69 Å². The minimum Gasteiger partial charge on any atom is -0.456 e. The average molecular weight is 433 g/mol. The van der Waals surface area contributed by atoms with Crippen LogP contribution in [0.1, 0.15) is 13.8 Å². The maximum absolute atomic E-state index is 9.51. The van der Waals surface area contributed by atoms with Gasteiger partial charge in [-0.15, -0.1) is 0 Å². The monoisotopic (exact) mass is 432 g/mol. The highest BCUT2D eigenvalue weighted by molar-refractivity contribution is 6.33. The number of anilines is 1. The second-order valence-electron chi connectivity index (χ2n) is 7.62. The number of imidazole rings is 1.